The molecule has 33 heavy (non-hydrogen) atoms. The highest BCUT2D eigenvalue weighted by Gasteiger charge is 2.32. The van der Waals surface area contributed by atoms with Crippen molar-refractivity contribution in [3.63, 3.8) is 0 Å². The SMILES string of the molecule is COc1cc(C2CC(=O)Nc3nc(SCc4cccc(F)c4)[nH]c(=O)c32)cc(OC)c1OC. The van der Waals surface area contributed by atoms with Crippen LogP contribution < -0.4 is 25.1 Å². The Kier molecular flexibility index (Phi) is 6.55. The molecule has 0 radical (unpaired) electrons. The summed E-state index contributed by atoms with van der Waals surface area (Å²) in [7, 11) is 4.50. The fourth-order valence-electron chi connectivity index (χ4n) is 3.78. The van der Waals surface area contributed by atoms with E-state index in [1.165, 1.54) is 45.2 Å². The number of aromatic amines is 1. The lowest BCUT2D eigenvalue weighted by atomic mass is 9.86. The van der Waals surface area contributed by atoms with Crippen molar-refractivity contribution in [2.45, 2.75) is 23.2 Å². The third kappa shape index (κ3) is 4.65. The van der Waals surface area contributed by atoms with Crippen molar-refractivity contribution in [2.75, 3.05) is 26.6 Å². The molecule has 1 amide bonds. The number of halogens is 1. The van der Waals surface area contributed by atoms with Gasteiger partial charge in [0.15, 0.2) is 16.7 Å². The number of benzene rings is 2. The smallest absolute Gasteiger partial charge is 0.257 e. The van der Waals surface area contributed by atoms with Crippen LogP contribution in [0.1, 0.15) is 29.0 Å². The van der Waals surface area contributed by atoms with Gasteiger partial charge in [0.05, 0.1) is 26.9 Å². The minimum atomic E-state index is -0.555. The Morgan fingerprint density at radius 2 is 1.82 bits per heavy atom. The van der Waals surface area contributed by atoms with Crippen molar-refractivity contribution in [3.8, 4) is 17.2 Å². The standard InChI is InChI=1S/C23H22FN3O5S/c1-30-16-8-13(9-17(31-2)20(16)32-3)15-10-18(28)25-21-19(15)22(29)27-23(26-21)33-11-12-5-4-6-14(24)7-12/h4-9,15H,10-11H2,1-3H3,(H2,25,26,27,28,29). The maximum absolute atomic E-state index is 13.4. The number of hydrogen-bond donors (Lipinski definition) is 2. The first-order valence-corrected chi connectivity index (χ1v) is 11.0. The summed E-state index contributed by atoms with van der Waals surface area (Å²) >= 11 is 1.24. The predicted molar refractivity (Wildman–Crippen MR) is 122 cm³/mol. The minimum absolute atomic E-state index is 0.0617. The molecule has 2 aromatic carbocycles. The van der Waals surface area contributed by atoms with Gasteiger partial charge in [0.25, 0.3) is 5.56 Å². The fourth-order valence-corrected chi connectivity index (χ4v) is 4.59. The van der Waals surface area contributed by atoms with Gasteiger partial charge in [-0.05, 0) is 35.4 Å². The monoisotopic (exact) mass is 471 g/mol. The van der Waals surface area contributed by atoms with Crippen molar-refractivity contribution in [1.82, 2.24) is 9.97 Å². The molecular formula is C23H22FN3O5S. The van der Waals surface area contributed by atoms with Gasteiger partial charge >= 0.3 is 0 Å². The Morgan fingerprint density at radius 3 is 2.45 bits per heavy atom. The minimum Gasteiger partial charge on any atom is -0.493 e. The number of hydrogen-bond acceptors (Lipinski definition) is 7. The number of nitrogens with zero attached hydrogens (tertiary/aromatic N) is 1. The molecule has 10 heteroatoms. The van der Waals surface area contributed by atoms with Crippen LogP contribution in [-0.4, -0.2) is 37.2 Å². The lowest BCUT2D eigenvalue weighted by Gasteiger charge is -2.25. The van der Waals surface area contributed by atoms with Crippen LogP contribution in [0.5, 0.6) is 17.2 Å². The molecule has 1 aliphatic heterocycles. The lowest BCUT2D eigenvalue weighted by Crippen LogP contribution is -2.31. The molecule has 2 heterocycles. The number of methoxy groups -OCH3 is 3. The molecule has 2 N–H and O–H groups in total. The van der Waals surface area contributed by atoms with E-state index >= 15 is 0 Å². The normalized spacial score (nSPS) is 14.9. The van der Waals surface area contributed by atoms with E-state index in [1.807, 2.05) is 0 Å². The van der Waals surface area contributed by atoms with Gasteiger partial charge < -0.3 is 24.5 Å². The molecule has 0 saturated heterocycles. The summed E-state index contributed by atoms with van der Waals surface area (Å²) in [6.45, 7) is 0. The van der Waals surface area contributed by atoms with E-state index in [2.05, 4.69) is 15.3 Å². The average molecular weight is 472 g/mol. The third-order valence-corrected chi connectivity index (χ3v) is 6.23. The van der Waals surface area contributed by atoms with Crippen molar-refractivity contribution < 1.29 is 23.4 Å². The molecule has 1 aliphatic rings. The van der Waals surface area contributed by atoms with Crippen LogP contribution in [0.25, 0.3) is 0 Å². The number of rotatable bonds is 7. The number of ether oxygens (including phenoxy) is 3. The van der Waals surface area contributed by atoms with Gasteiger partial charge in [0, 0.05) is 18.1 Å². The first-order chi connectivity index (χ1) is 15.9. The number of amides is 1. The Bertz CT molecular complexity index is 1240. The Balaban J connectivity index is 1.71. The maximum Gasteiger partial charge on any atom is 0.257 e. The van der Waals surface area contributed by atoms with Crippen molar-refractivity contribution in [1.29, 1.82) is 0 Å². The summed E-state index contributed by atoms with van der Waals surface area (Å²) in [5, 5.41) is 3.02. The molecule has 4 rings (SSSR count). The van der Waals surface area contributed by atoms with Crippen molar-refractivity contribution in [3.05, 3.63) is 69.3 Å². The van der Waals surface area contributed by atoms with Gasteiger partial charge in [0.2, 0.25) is 11.7 Å². The van der Waals surface area contributed by atoms with Crippen LogP contribution in [0.3, 0.4) is 0 Å². The van der Waals surface area contributed by atoms with Gasteiger partial charge in [-0.2, -0.15) is 0 Å². The van der Waals surface area contributed by atoms with E-state index in [4.69, 9.17) is 14.2 Å². The Hall–Kier alpha value is -3.53. The van der Waals surface area contributed by atoms with Crippen LogP contribution >= 0.6 is 11.8 Å². The first kappa shape index (κ1) is 22.7. The highest BCUT2D eigenvalue weighted by molar-refractivity contribution is 7.98. The molecule has 0 bridgehead atoms. The van der Waals surface area contributed by atoms with Crippen LogP contribution in [0, 0.1) is 5.82 Å². The van der Waals surface area contributed by atoms with E-state index in [0.29, 0.717) is 39.3 Å². The number of aromatic nitrogens is 2. The van der Waals surface area contributed by atoms with Crippen molar-refractivity contribution >= 4 is 23.5 Å². The average Bonchev–Trinajstić information content (AvgIpc) is 2.81. The molecule has 0 spiro atoms. The van der Waals surface area contributed by atoms with E-state index in [9.17, 15) is 14.0 Å². The van der Waals surface area contributed by atoms with E-state index in [0.717, 1.165) is 5.56 Å². The summed E-state index contributed by atoms with van der Waals surface area (Å²) in [5.41, 5.74) is 1.40. The zero-order valence-electron chi connectivity index (χ0n) is 18.2. The molecule has 1 atom stereocenters. The van der Waals surface area contributed by atoms with Gasteiger partial charge in [-0.15, -0.1) is 0 Å². The third-order valence-electron chi connectivity index (χ3n) is 5.28. The molecule has 0 saturated carbocycles. The molecule has 0 fully saturated rings. The maximum atomic E-state index is 13.4. The zero-order chi connectivity index (χ0) is 23.5. The predicted octanol–water partition coefficient (Wildman–Crippen LogP) is 3.70. The number of thioether (sulfide) groups is 1. The second kappa shape index (κ2) is 9.53. The molecule has 0 aliphatic carbocycles. The largest absolute Gasteiger partial charge is 0.493 e. The van der Waals surface area contributed by atoms with Crippen LogP contribution in [0.15, 0.2) is 46.3 Å². The van der Waals surface area contributed by atoms with Gasteiger partial charge in [-0.3, -0.25) is 9.59 Å². The summed E-state index contributed by atoms with van der Waals surface area (Å²) < 4.78 is 29.6. The van der Waals surface area contributed by atoms with Gasteiger partial charge in [0.1, 0.15) is 11.6 Å². The first-order valence-electron chi connectivity index (χ1n) is 10.0. The second-order valence-corrected chi connectivity index (χ2v) is 8.28. The number of H-pyrrole nitrogens is 1. The molecule has 1 unspecified atom stereocenters. The van der Waals surface area contributed by atoms with Crippen LogP contribution in [0.2, 0.25) is 0 Å². The number of carbonyl (C=O) groups is 1. The topological polar surface area (TPSA) is 103 Å². The van der Waals surface area contributed by atoms with Crippen LogP contribution in [0.4, 0.5) is 10.2 Å². The Labute approximate surface area is 193 Å². The number of fused-ring (bicyclic) bond motifs is 1. The molecular weight excluding hydrogens is 449 g/mol. The number of anilines is 1. The summed E-state index contributed by atoms with van der Waals surface area (Å²) in [6, 6.07) is 9.64. The zero-order valence-corrected chi connectivity index (χ0v) is 19.0. The quantitative estimate of drug-likeness (QED) is 0.400. The highest BCUT2D eigenvalue weighted by Crippen LogP contribution is 2.43. The van der Waals surface area contributed by atoms with Crippen LogP contribution in [-0.2, 0) is 10.5 Å². The molecule has 3 aromatic rings. The summed E-state index contributed by atoms with van der Waals surface area (Å²) in [4.78, 5) is 32.8. The van der Waals surface area contributed by atoms with Crippen molar-refractivity contribution in [2.24, 2.45) is 0 Å². The van der Waals surface area contributed by atoms with Gasteiger partial charge in [-0.25, -0.2) is 9.37 Å². The number of nitrogens with one attached hydrogen (secondary N) is 2. The Morgan fingerprint density at radius 1 is 1.09 bits per heavy atom. The fraction of sp³-hybridized carbons (Fsp3) is 0.261. The van der Waals surface area contributed by atoms with E-state index in [1.54, 1.807) is 24.3 Å². The van der Waals surface area contributed by atoms with E-state index < -0.39 is 5.92 Å². The molecule has 8 nitrogen and oxygen atoms in total. The second-order valence-electron chi connectivity index (χ2n) is 7.32. The summed E-state index contributed by atoms with van der Waals surface area (Å²) in [5.74, 6) is 0.721. The van der Waals surface area contributed by atoms with E-state index in [-0.39, 0.29) is 29.5 Å². The highest BCUT2D eigenvalue weighted by atomic mass is 32.2. The number of carbonyl (C=O) groups excluding carboxylic acids is 1. The summed E-state index contributed by atoms with van der Waals surface area (Å²) in [6.07, 6.45) is 0.0617. The molecule has 1 aromatic heterocycles. The molecule has 172 valence electrons. The van der Waals surface area contributed by atoms with Gasteiger partial charge in [-0.1, -0.05) is 23.9 Å². The lowest BCUT2D eigenvalue weighted by molar-refractivity contribution is -0.116.